The average molecular weight is 411 g/mol. The first-order chi connectivity index (χ1) is 13.4. The Morgan fingerprint density at radius 3 is 2.32 bits per heavy atom. The van der Waals surface area contributed by atoms with Crippen molar-refractivity contribution in [2.24, 2.45) is 0 Å². The van der Waals surface area contributed by atoms with Gasteiger partial charge in [-0.05, 0) is 72.1 Å². The smallest absolute Gasteiger partial charge is 0.222 e. The van der Waals surface area contributed by atoms with Crippen LogP contribution in [-0.2, 0) is 0 Å². The summed E-state index contributed by atoms with van der Waals surface area (Å²) >= 11 is 12.3. The maximum absolute atomic E-state index is 6.35. The fourth-order valence-corrected chi connectivity index (χ4v) is 3.52. The minimum absolute atomic E-state index is 0.151. The van der Waals surface area contributed by atoms with E-state index in [0.29, 0.717) is 32.9 Å². The third-order valence-electron chi connectivity index (χ3n) is 4.40. The van der Waals surface area contributed by atoms with E-state index in [0.717, 1.165) is 22.1 Å². The van der Waals surface area contributed by atoms with Crippen LogP contribution in [0.3, 0.4) is 0 Å². The van der Waals surface area contributed by atoms with Crippen molar-refractivity contribution in [3.8, 4) is 22.6 Å². The van der Waals surface area contributed by atoms with E-state index in [1.807, 2.05) is 31.2 Å². The minimum Gasteiger partial charge on any atom is -0.457 e. The second-order valence-electron chi connectivity index (χ2n) is 6.33. The number of nitrogens with zero attached hydrogens (tertiary/aromatic N) is 2. The van der Waals surface area contributed by atoms with Crippen LogP contribution < -0.4 is 16.2 Å². The Kier molecular flexibility index (Phi) is 4.71. The molecule has 0 atom stereocenters. The van der Waals surface area contributed by atoms with E-state index in [1.165, 1.54) is 0 Å². The molecule has 4 N–H and O–H groups in total. The molecule has 0 aliphatic rings. The van der Waals surface area contributed by atoms with Crippen LogP contribution in [0.25, 0.3) is 22.0 Å². The molecule has 1 aromatic heterocycles. The predicted octanol–water partition coefficient (Wildman–Crippen LogP) is 5.87. The highest BCUT2D eigenvalue weighted by Gasteiger charge is 2.13. The van der Waals surface area contributed by atoms with Gasteiger partial charge in [0, 0.05) is 15.4 Å². The summed E-state index contributed by atoms with van der Waals surface area (Å²) in [5.41, 5.74) is 15.3. The van der Waals surface area contributed by atoms with Gasteiger partial charge in [-0.3, -0.25) is 0 Å². The lowest BCUT2D eigenvalue weighted by atomic mass is 9.97. The molecule has 28 heavy (non-hydrogen) atoms. The van der Waals surface area contributed by atoms with E-state index in [4.69, 9.17) is 39.4 Å². The van der Waals surface area contributed by atoms with Gasteiger partial charge in [0.2, 0.25) is 5.95 Å². The maximum atomic E-state index is 6.35. The van der Waals surface area contributed by atoms with E-state index in [9.17, 15) is 0 Å². The summed E-state index contributed by atoms with van der Waals surface area (Å²) in [5.74, 6) is 1.78. The van der Waals surface area contributed by atoms with Crippen molar-refractivity contribution >= 4 is 45.9 Å². The first kappa shape index (κ1) is 18.3. The molecule has 0 radical (unpaired) electrons. The van der Waals surface area contributed by atoms with Crippen LogP contribution in [-0.4, -0.2) is 9.97 Å². The number of nitrogen functional groups attached to an aromatic ring is 2. The standard InChI is InChI=1S/C21H16Cl2N4O/c1-11-17(6-7-18-19(11)20(24)27-21(25)26-18)12-8-14(23)10-16(9-12)28-15-4-2-13(22)3-5-15/h2-10H,1H3,(H4,24,25,26,27). The molecule has 5 nitrogen and oxygen atoms in total. The average Bonchev–Trinajstić information content (AvgIpc) is 2.63. The van der Waals surface area contributed by atoms with Gasteiger partial charge in [-0.1, -0.05) is 29.3 Å². The van der Waals surface area contributed by atoms with Gasteiger partial charge in [0.1, 0.15) is 17.3 Å². The number of hydrogen-bond donors (Lipinski definition) is 2. The first-order valence-electron chi connectivity index (χ1n) is 8.47. The topological polar surface area (TPSA) is 87.0 Å². The van der Waals surface area contributed by atoms with Gasteiger partial charge in [0.25, 0.3) is 0 Å². The quantitative estimate of drug-likeness (QED) is 0.440. The van der Waals surface area contributed by atoms with Crippen molar-refractivity contribution in [1.82, 2.24) is 9.97 Å². The maximum Gasteiger partial charge on any atom is 0.222 e. The van der Waals surface area contributed by atoms with Crippen LogP contribution in [0.4, 0.5) is 11.8 Å². The summed E-state index contributed by atoms with van der Waals surface area (Å²) in [7, 11) is 0. The highest BCUT2D eigenvalue weighted by molar-refractivity contribution is 6.31. The van der Waals surface area contributed by atoms with Crippen molar-refractivity contribution in [2.75, 3.05) is 11.5 Å². The number of anilines is 2. The molecule has 4 rings (SSSR count). The summed E-state index contributed by atoms with van der Waals surface area (Å²) in [6, 6.07) is 16.5. The Labute approximate surface area is 171 Å². The number of hydrogen-bond acceptors (Lipinski definition) is 5. The van der Waals surface area contributed by atoms with E-state index < -0.39 is 0 Å². The first-order valence-corrected chi connectivity index (χ1v) is 9.23. The number of rotatable bonds is 3. The van der Waals surface area contributed by atoms with Crippen LogP contribution in [0.15, 0.2) is 54.6 Å². The predicted molar refractivity (Wildman–Crippen MR) is 115 cm³/mol. The zero-order valence-corrected chi connectivity index (χ0v) is 16.4. The van der Waals surface area contributed by atoms with Crippen molar-refractivity contribution in [3.05, 3.63) is 70.2 Å². The molecule has 1 heterocycles. The lowest BCUT2D eigenvalue weighted by Crippen LogP contribution is -2.02. The van der Waals surface area contributed by atoms with Gasteiger partial charge < -0.3 is 16.2 Å². The molecule has 0 fully saturated rings. The van der Waals surface area contributed by atoms with Crippen LogP contribution in [0.2, 0.25) is 10.0 Å². The zero-order chi connectivity index (χ0) is 19.8. The molecule has 0 bridgehead atoms. The van der Waals surface area contributed by atoms with Gasteiger partial charge in [-0.15, -0.1) is 0 Å². The number of aromatic nitrogens is 2. The lowest BCUT2D eigenvalue weighted by molar-refractivity contribution is 0.483. The van der Waals surface area contributed by atoms with Crippen LogP contribution in [0.1, 0.15) is 5.56 Å². The van der Waals surface area contributed by atoms with Gasteiger partial charge in [0.15, 0.2) is 0 Å². The molecule has 4 aromatic rings. The Morgan fingerprint density at radius 1 is 0.821 bits per heavy atom. The number of aryl methyl sites for hydroxylation is 1. The van der Waals surface area contributed by atoms with Crippen LogP contribution >= 0.6 is 23.2 Å². The van der Waals surface area contributed by atoms with E-state index in [2.05, 4.69) is 9.97 Å². The Balaban J connectivity index is 1.80. The van der Waals surface area contributed by atoms with Crippen LogP contribution in [0, 0.1) is 6.92 Å². The zero-order valence-electron chi connectivity index (χ0n) is 14.9. The molecule has 140 valence electrons. The van der Waals surface area contributed by atoms with E-state index in [1.54, 1.807) is 30.3 Å². The molecule has 0 unspecified atom stereocenters. The number of ether oxygens (including phenoxy) is 1. The highest BCUT2D eigenvalue weighted by Crippen LogP contribution is 2.36. The molecule has 0 saturated heterocycles. The highest BCUT2D eigenvalue weighted by atomic mass is 35.5. The van der Waals surface area contributed by atoms with Gasteiger partial charge in [-0.25, -0.2) is 4.98 Å². The number of benzene rings is 3. The largest absolute Gasteiger partial charge is 0.457 e. The van der Waals surface area contributed by atoms with Crippen LogP contribution in [0.5, 0.6) is 11.5 Å². The summed E-state index contributed by atoms with van der Waals surface area (Å²) in [6.07, 6.45) is 0. The van der Waals surface area contributed by atoms with Gasteiger partial charge in [-0.2, -0.15) is 4.98 Å². The molecule has 0 spiro atoms. The second-order valence-corrected chi connectivity index (χ2v) is 7.20. The third kappa shape index (κ3) is 3.54. The SMILES string of the molecule is Cc1c(-c2cc(Cl)cc(Oc3ccc(Cl)cc3)c2)ccc2nc(N)nc(N)c12. The summed E-state index contributed by atoms with van der Waals surface area (Å²) < 4.78 is 5.93. The molecule has 0 aliphatic carbocycles. The van der Waals surface area contributed by atoms with Crippen molar-refractivity contribution in [3.63, 3.8) is 0 Å². The Hall–Kier alpha value is -3.02. The Morgan fingerprint density at radius 2 is 1.57 bits per heavy atom. The summed E-state index contributed by atoms with van der Waals surface area (Å²) in [5, 5.41) is 1.97. The molecule has 3 aromatic carbocycles. The fourth-order valence-electron chi connectivity index (χ4n) is 3.17. The minimum atomic E-state index is 0.151. The van der Waals surface area contributed by atoms with Gasteiger partial charge in [0.05, 0.1) is 5.52 Å². The third-order valence-corrected chi connectivity index (χ3v) is 4.87. The molecule has 0 aliphatic heterocycles. The molecule has 0 amide bonds. The van der Waals surface area contributed by atoms with E-state index >= 15 is 0 Å². The van der Waals surface area contributed by atoms with Gasteiger partial charge >= 0.3 is 0 Å². The second kappa shape index (κ2) is 7.19. The fraction of sp³-hybridized carbons (Fsp3) is 0.0476. The number of fused-ring (bicyclic) bond motifs is 1. The number of halogens is 2. The molecular formula is C21H16Cl2N4O. The van der Waals surface area contributed by atoms with E-state index in [-0.39, 0.29) is 5.95 Å². The lowest BCUT2D eigenvalue weighted by Gasteiger charge is -2.13. The molecule has 0 saturated carbocycles. The number of nitrogens with two attached hydrogens (primary N) is 2. The van der Waals surface area contributed by atoms with Crippen molar-refractivity contribution in [2.45, 2.75) is 6.92 Å². The normalized spacial score (nSPS) is 11.0. The molecular weight excluding hydrogens is 395 g/mol. The molecule has 7 heteroatoms. The monoisotopic (exact) mass is 410 g/mol. The van der Waals surface area contributed by atoms with Crippen molar-refractivity contribution < 1.29 is 4.74 Å². The Bertz CT molecular complexity index is 1190. The van der Waals surface area contributed by atoms with Crippen molar-refractivity contribution in [1.29, 1.82) is 0 Å². The summed E-state index contributed by atoms with van der Waals surface area (Å²) in [6.45, 7) is 1.97. The summed E-state index contributed by atoms with van der Waals surface area (Å²) in [4.78, 5) is 8.33.